The van der Waals surface area contributed by atoms with Crippen LogP contribution >= 0.6 is 0 Å². The number of piperidine rings is 1. The topological polar surface area (TPSA) is 92.3 Å². The number of nitrogens with zero attached hydrogens (tertiary/aromatic N) is 3. The van der Waals surface area contributed by atoms with Gasteiger partial charge in [0, 0.05) is 37.6 Å². The van der Waals surface area contributed by atoms with Gasteiger partial charge in [0.2, 0.25) is 15.9 Å². The zero-order chi connectivity index (χ0) is 17.9. The SMILES string of the molecule is Cc1ccnc(NC(=O)C2CCN(S(=O)(=O)c3cccnc3)CC2)c1. The summed E-state index contributed by atoms with van der Waals surface area (Å²) in [5, 5.41) is 2.81. The van der Waals surface area contributed by atoms with Crippen molar-refractivity contribution in [2.24, 2.45) is 5.92 Å². The third-order valence-corrected chi connectivity index (χ3v) is 6.15. The number of rotatable bonds is 4. The van der Waals surface area contributed by atoms with E-state index in [9.17, 15) is 13.2 Å². The van der Waals surface area contributed by atoms with Gasteiger partial charge < -0.3 is 5.32 Å². The first-order valence-corrected chi connectivity index (χ1v) is 9.54. The first-order chi connectivity index (χ1) is 12.0. The zero-order valence-electron chi connectivity index (χ0n) is 13.9. The lowest BCUT2D eigenvalue weighted by Gasteiger charge is -2.30. The number of aromatic nitrogens is 2. The van der Waals surface area contributed by atoms with Gasteiger partial charge in [-0.3, -0.25) is 9.78 Å². The van der Waals surface area contributed by atoms with E-state index in [0.717, 1.165) is 5.56 Å². The minimum Gasteiger partial charge on any atom is -0.310 e. The Morgan fingerprint density at radius 3 is 2.64 bits per heavy atom. The van der Waals surface area contributed by atoms with Gasteiger partial charge in [-0.25, -0.2) is 13.4 Å². The smallest absolute Gasteiger partial charge is 0.244 e. The van der Waals surface area contributed by atoms with Crippen LogP contribution in [0.1, 0.15) is 18.4 Å². The Morgan fingerprint density at radius 1 is 1.24 bits per heavy atom. The minimum absolute atomic E-state index is 0.114. The van der Waals surface area contributed by atoms with Crippen LogP contribution in [0.4, 0.5) is 5.82 Å². The van der Waals surface area contributed by atoms with Crippen LogP contribution in [0.2, 0.25) is 0 Å². The van der Waals surface area contributed by atoms with Crippen molar-refractivity contribution in [3.05, 3.63) is 48.4 Å². The molecule has 0 atom stereocenters. The number of sulfonamides is 1. The molecule has 0 saturated carbocycles. The quantitative estimate of drug-likeness (QED) is 0.898. The lowest BCUT2D eigenvalue weighted by Crippen LogP contribution is -2.41. The fourth-order valence-corrected chi connectivity index (χ4v) is 4.27. The number of pyridine rings is 2. The maximum absolute atomic E-state index is 12.6. The van der Waals surface area contributed by atoms with Crippen molar-refractivity contribution in [2.45, 2.75) is 24.7 Å². The molecule has 25 heavy (non-hydrogen) atoms. The number of nitrogens with one attached hydrogen (secondary N) is 1. The van der Waals surface area contributed by atoms with Gasteiger partial charge in [-0.2, -0.15) is 4.31 Å². The summed E-state index contributed by atoms with van der Waals surface area (Å²) in [6, 6.07) is 6.80. The first kappa shape index (κ1) is 17.5. The second-order valence-corrected chi connectivity index (χ2v) is 8.01. The summed E-state index contributed by atoms with van der Waals surface area (Å²) in [5.41, 5.74) is 1.02. The van der Waals surface area contributed by atoms with Gasteiger partial charge in [-0.15, -0.1) is 0 Å². The second-order valence-electron chi connectivity index (χ2n) is 6.07. The minimum atomic E-state index is -3.55. The molecule has 2 aromatic heterocycles. The number of hydrogen-bond acceptors (Lipinski definition) is 5. The van der Waals surface area contributed by atoms with Crippen molar-refractivity contribution >= 4 is 21.7 Å². The van der Waals surface area contributed by atoms with Crippen LogP contribution in [0, 0.1) is 12.8 Å². The van der Waals surface area contributed by atoms with E-state index >= 15 is 0 Å². The van der Waals surface area contributed by atoms with Crippen LogP contribution in [0.25, 0.3) is 0 Å². The van der Waals surface area contributed by atoms with Crippen LogP contribution in [0.3, 0.4) is 0 Å². The predicted octanol–water partition coefficient (Wildman–Crippen LogP) is 1.82. The molecule has 8 heteroatoms. The summed E-state index contributed by atoms with van der Waals surface area (Å²) in [4.78, 5) is 20.5. The first-order valence-electron chi connectivity index (χ1n) is 8.10. The molecule has 2 aromatic rings. The standard InChI is InChI=1S/C17H20N4O3S/c1-13-4-8-19-16(11-13)20-17(22)14-5-9-21(10-6-14)25(23,24)15-3-2-7-18-12-15/h2-4,7-8,11-12,14H,5-6,9-10H2,1H3,(H,19,20,22). The summed E-state index contributed by atoms with van der Waals surface area (Å²) in [6.07, 6.45) is 5.49. The van der Waals surface area contributed by atoms with Gasteiger partial charge in [-0.05, 0) is 49.6 Å². The van der Waals surface area contributed by atoms with Crippen molar-refractivity contribution in [2.75, 3.05) is 18.4 Å². The molecule has 3 rings (SSSR count). The Balaban J connectivity index is 1.61. The molecule has 1 N–H and O–H groups in total. The van der Waals surface area contributed by atoms with E-state index in [-0.39, 0.29) is 16.7 Å². The lowest BCUT2D eigenvalue weighted by atomic mass is 9.97. The predicted molar refractivity (Wildman–Crippen MR) is 93.3 cm³/mol. The average Bonchev–Trinajstić information content (AvgIpc) is 2.62. The molecule has 1 aliphatic rings. The Morgan fingerprint density at radius 2 is 2.00 bits per heavy atom. The molecule has 1 fully saturated rings. The number of carbonyl (C=O) groups is 1. The largest absolute Gasteiger partial charge is 0.310 e. The van der Waals surface area contributed by atoms with Crippen molar-refractivity contribution in [3.63, 3.8) is 0 Å². The van der Waals surface area contributed by atoms with Gasteiger partial charge in [0.15, 0.2) is 0 Å². The molecule has 3 heterocycles. The zero-order valence-corrected chi connectivity index (χ0v) is 14.7. The van der Waals surface area contributed by atoms with Gasteiger partial charge in [-0.1, -0.05) is 0 Å². The number of aryl methyl sites for hydroxylation is 1. The molecule has 0 bridgehead atoms. The molecule has 0 aromatic carbocycles. The molecule has 1 aliphatic heterocycles. The van der Waals surface area contributed by atoms with Crippen molar-refractivity contribution in [1.29, 1.82) is 0 Å². The summed E-state index contributed by atoms with van der Waals surface area (Å²) >= 11 is 0. The molecular formula is C17H20N4O3S. The highest BCUT2D eigenvalue weighted by molar-refractivity contribution is 7.89. The normalized spacial score (nSPS) is 16.5. The molecular weight excluding hydrogens is 340 g/mol. The maximum Gasteiger partial charge on any atom is 0.244 e. The monoisotopic (exact) mass is 360 g/mol. The van der Waals surface area contributed by atoms with E-state index < -0.39 is 10.0 Å². The van der Waals surface area contributed by atoms with Crippen LogP contribution in [-0.2, 0) is 14.8 Å². The number of carbonyl (C=O) groups excluding carboxylic acids is 1. The summed E-state index contributed by atoms with van der Waals surface area (Å²) in [7, 11) is -3.55. The van der Waals surface area contributed by atoms with Gasteiger partial charge in [0.05, 0.1) is 0 Å². The molecule has 7 nitrogen and oxygen atoms in total. The van der Waals surface area contributed by atoms with E-state index in [1.165, 1.54) is 22.8 Å². The maximum atomic E-state index is 12.6. The number of anilines is 1. The summed E-state index contributed by atoms with van der Waals surface area (Å²) < 4.78 is 26.6. The third-order valence-electron chi connectivity index (χ3n) is 4.26. The van der Waals surface area contributed by atoms with Crippen LogP contribution in [0.5, 0.6) is 0 Å². The fourth-order valence-electron chi connectivity index (χ4n) is 2.84. The van der Waals surface area contributed by atoms with Crippen LogP contribution in [-0.4, -0.2) is 41.7 Å². The van der Waals surface area contributed by atoms with E-state index in [1.54, 1.807) is 18.3 Å². The molecule has 132 valence electrons. The highest BCUT2D eigenvalue weighted by atomic mass is 32.2. The van der Waals surface area contributed by atoms with Gasteiger partial charge in [0.25, 0.3) is 0 Å². The van der Waals surface area contributed by atoms with Crippen molar-refractivity contribution in [1.82, 2.24) is 14.3 Å². The third kappa shape index (κ3) is 4.02. The Kier molecular flexibility index (Phi) is 5.10. The lowest BCUT2D eigenvalue weighted by molar-refractivity contribution is -0.120. The van der Waals surface area contributed by atoms with Gasteiger partial charge >= 0.3 is 0 Å². The fraction of sp³-hybridized carbons (Fsp3) is 0.353. The molecule has 0 spiro atoms. The number of hydrogen-bond donors (Lipinski definition) is 1. The van der Waals surface area contributed by atoms with E-state index in [0.29, 0.717) is 31.7 Å². The van der Waals surface area contributed by atoms with Crippen molar-refractivity contribution in [3.8, 4) is 0 Å². The Bertz CT molecular complexity index is 847. The highest BCUT2D eigenvalue weighted by Gasteiger charge is 2.32. The van der Waals surface area contributed by atoms with Crippen molar-refractivity contribution < 1.29 is 13.2 Å². The van der Waals surface area contributed by atoms with Gasteiger partial charge in [0.1, 0.15) is 10.7 Å². The summed E-state index contributed by atoms with van der Waals surface area (Å²) in [5.74, 6) is 0.189. The Hall–Kier alpha value is -2.32. The molecule has 0 unspecified atom stereocenters. The Labute approximate surface area is 147 Å². The second kappa shape index (κ2) is 7.28. The molecule has 1 saturated heterocycles. The summed E-state index contributed by atoms with van der Waals surface area (Å²) in [6.45, 7) is 2.56. The molecule has 1 amide bonds. The molecule has 0 radical (unpaired) electrons. The highest BCUT2D eigenvalue weighted by Crippen LogP contribution is 2.24. The van der Waals surface area contributed by atoms with Crippen LogP contribution in [0.15, 0.2) is 47.8 Å². The van der Waals surface area contributed by atoms with Crippen LogP contribution < -0.4 is 5.32 Å². The van der Waals surface area contributed by atoms with E-state index in [4.69, 9.17) is 0 Å². The average molecular weight is 360 g/mol. The van der Waals surface area contributed by atoms with E-state index in [1.807, 2.05) is 13.0 Å². The number of amides is 1. The molecule has 0 aliphatic carbocycles. The van der Waals surface area contributed by atoms with E-state index in [2.05, 4.69) is 15.3 Å².